The van der Waals surface area contributed by atoms with Crippen LogP contribution in [0.3, 0.4) is 0 Å². The molecule has 0 aromatic heterocycles. The zero-order valence-electron chi connectivity index (χ0n) is 30.7. The summed E-state index contributed by atoms with van der Waals surface area (Å²) < 4.78 is 3.15. The van der Waals surface area contributed by atoms with Gasteiger partial charge in [-0.3, -0.25) is 0 Å². The van der Waals surface area contributed by atoms with E-state index < -0.39 is 40.1 Å². The number of benzene rings is 4. The van der Waals surface area contributed by atoms with Gasteiger partial charge in [-0.25, -0.2) is 0 Å². The van der Waals surface area contributed by atoms with Crippen LogP contribution in [0.15, 0.2) is 119 Å². The molecule has 4 atom stereocenters. The summed E-state index contributed by atoms with van der Waals surface area (Å²) in [5.41, 5.74) is 18.5. The Hall–Kier alpha value is -1.41. The van der Waals surface area contributed by atoms with Crippen LogP contribution in [0.2, 0.25) is 26.2 Å². The van der Waals surface area contributed by atoms with E-state index in [0.717, 1.165) is 14.7 Å². The molecule has 4 aliphatic rings. The minimum Gasteiger partial charge on any atom is -0.147 e. The minimum atomic E-state index is -1.96. The normalized spacial score (nSPS) is 20.2. The predicted molar refractivity (Wildman–Crippen MR) is 221 cm³/mol. The first-order chi connectivity index (χ1) is 23.2. The molecule has 6 heteroatoms. The third-order valence-corrected chi connectivity index (χ3v) is 67.6. The second-order valence-corrected chi connectivity index (χ2v) is 64.6. The van der Waals surface area contributed by atoms with Gasteiger partial charge in [-0.05, 0) is 0 Å². The molecular formula is C44H50Cl2Hf2Si2. The van der Waals surface area contributed by atoms with E-state index in [1.54, 1.807) is 44.5 Å². The summed E-state index contributed by atoms with van der Waals surface area (Å²) in [6.07, 6.45) is 9.87. The minimum absolute atomic E-state index is 0. The maximum atomic E-state index is 2.59. The first-order valence-corrected chi connectivity index (χ1v) is 41.7. The summed E-state index contributed by atoms with van der Waals surface area (Å²) in [6.45, 7) is 19.9. The van der Waals surface area contributed by atoms with Gasteiger partial charge in [0.05, 0.1) is 0 Å². The smallest absolute Gasteiger partial charge is 0.147 e. The Labute approximate surface area is 329 Å². The van der Waals surface area contributed by atoms with Crippen molar-refractivity contribution in [2.75, 3.05) is 0 Å². The molecule has 0 saturated carbocycles. The quantitative estimate of drug-likeness (QED) is 0.179. The molecule has 0 spiro atoms. The SMILES string of the molecule is CC1=Cc2ccccc2[CH]1[Hf]([CH]1C(C)=Cc2ccccc21)=[Si](C)C.CC1=Cc2ccccc2[CH]1[Hf]([CH]1C(C)=Cc2ccccc21)=[Si](C)C.Cl.Cl. The molecule has 0 nitrogen and oxygen atoms in total. The summed E-state index contributed by atoms with van der Waals surface area (Å²) in [4.78, 5) is 0. The number of hydrogen-bond donors (Lipinski definition) is 0. The summed E-state index contributed by atoms with van der Waals surface area (Å²) in [6, 6.07) is 36.6. The van der Waals surface area contributed by atoms with Gasteiger partial charge in [-0.15, -0.1) is 24.8 Å². The predicted octanol–water partition coefficient (Wildman–Crippen LogP) is 13.2. The number of fused-ring (bicyclic) bond motifs is 4. The Kier molecular flexibility index (Phi) is 13.3. The van der Waals surface area contributed by atoms with E-state index in [1.165, 1.54) is 22.3 Å². The maximum Gasteiger partial charge on any atom is -0.147 e. The van der Waals surface area contributed by atoms with Crippen LogP contribution in [-0.4, -0.2) is 11.0 Å². The Balaban J connectivity index is 0.000000187. The molecule has 0 heterocycles. The molecule has 0 aliphatic heterocycles. The molecule has 8 rings (SSSR count). The summed E-state index contributed by atoms with van der Waals surface area (Å²) in [5.74, 6) is 0. The third kappa shape index (κ3) is 7.38. The van der Waals surface area contributed by atoms with Crippen molar-refractivity contribution in [3.05, 3.63) is 164 Å². The van der Waals surface area contributed by atoms with Gasteiger partial charge in [0.1, 0.15) is 0 Å². The molecule has 4 aromatic rings. The summed E-state index contributed by atoms with van der Waals surface area (Å²) in [5, 5.41) is 0. The van der Waals surface area contributed by atoms with Crippen LogP contribution < -0.4 is 0 Å². The molecular weight excluding hydrogens is 1010 g/mol. The summed E-state index contributed by atoms with van der Waals surface area (Å²) >= 11 is -3.93. The second-order valence-electron chi connectivity index (χ2n) is 14.7. The molecule has 50 heavy (non-hydrogen) atoms. The monoisotopic (exact) mass is 1060 g/mol. The van der Waals surface area contributed by atoms with Crippen molar-refractivity contribution in [1.29, 1.82) is 0 Å². The zero-order valence-corrected chi connectivity index (χ0v) is 41.5. The van der Waals surface area contributed by atoms with Gasteiger partial charge in [0.2, 0.25) is 0 Å². The van der Waals surface area contributed by atoms with Crippen molar-refractivity contribution in [2.45, 2.75) is 68.6 Å². The van der Waals surface area contributed by atoms with E-state index in [9.17, 15) is 0 Å². The van der Waals surface area contributed by atoms with Crippen molar-refractivity contribution >= 4 is 60.1 Å². The standard InChI is InChI=1S/4C10H9.2C2H6Si.2ClH.2Hf/c4*1-8-6-9-4-2-3-5-10(9)7-8;2*1-3-2;;;;/h4*2-7H,1H3;2*1-2H3;2*1H;;. The van der Waals surface area contributed by atoms with Crippen LogP contribution in [0.25, 0.3) is 24.3 Å². The number of halogens is 2. The average Bonchev–Trinajstić information content (AvgIpc) is 3.78. The molecule has 4 unspecified atom stereocenters. The first kappa shape index (κ1) is 39.8. The molecule has 256 valence electrons. The van der Waals surface area contributed by atoms with Crippen LogP contribution in [0.4, 0.5) is 0 Å². The van der Waals surface area contributed by atoms with Crippen molar-refractivity contribution in [1.82, 2.24) is 0 Å². The van der Waals surface area contributed by atoms with Gasteiger partial charge in [-0.1, -0.05) is 0 Å². The fourth-order valence-electron chi connectivity index (χ4n) is 9.06. The van der Waals surface area contributed by atoms with E-state index in [2.05, 4.69) is 175 Å². The molecule has 0 amide bonds. The van der Waals surface area contributed by atoms with Gasteiger partial charge < -0.3 is 0 Å². The Morgan fingerprint density at radius 1 is 0.360 bits per heavy atom. The third-order valence-electron chi connectivity index (χ3n) is 11.0. The van der Waals surface area contributed by atoms with Crippen LogP contribution in [-0.2, 0) is 40.1 Å². The van der Waals surface area contributed by atoms with Crippen molar-refractivity contribution < 1.29 is 40.1 Å². The van der Waals surface area contributed by atoms with Gasteiger partial charge in [0.25, 0.3) is 0 Å². The van der Waals surface area contributed by atoms with Crippen molar-refractivity contribution in [3.8, 4) is 0 Å². The molecule has 4 aliphatic carbocycles. The van der Waals surface area contributed by atoms with Gasteiger partial charge in [0.15, 0.2) is 0 Å². The largest absolute Gasteiger partial charge is 0.147 e. The zero-order chi connectivity index (χ0) is 33.7. The van der Waals surface area contributed by atoms with Gasteiger partial charge >= 0.3 is 308 Å². The number of hydrogen-bond acceptors (Lipinski definition) is 0. The van der Waals surface area contributed by atoms with E-state index >= 15 is 0 Å². The van der Waals surface area contributed by atoms with Gasteiger partial charge in [0, 0.05) is 0 Å². The Morgan fingerprint density at radius 3 is 0.760 bits per heavy atom. The van der Waals surface area contributed by atoms with Gasteiger partial charge in [-0.2, -0.15) is 0 Å². The van der Waals surface area contributed by atoms with E-state index in [0.29, 0.717) is 0 Å². The van der Waals surface area contributed by atoms with Crippen LogP contribution in [0.5, 0.6) is 0 Å². The molecule has 0 bridgehead atoms. The fourth-order valence-corrected chi connectivity index (χ4v) is 68.0. The Bertz CT molecular complexity index is 1850. The van der Waals surface area contributed by atoms with E-state index in [1.807, 2.05) is 0 Å². The topological polar surface area (TPSA) is 0 Å². The van der Waals surface area contributed by atoms with Crippen LogP contribution >= 0.6 is 24.8 Å². The fraction of sp³-hybridized carbons (Fsp3) is 0.273. The summed E-state index contributed by atoms with van der Waals surface area (Å²) in [7, 11) is 0. The molecule has 0 radical (unpaired) electrons. The number of rotatable bonds is 4. The second kappa shape index (κ2) is 16.7. The van der Waals surface area contributed by atoms with Crippen LogP contribution in [0.1, 0.15) is 86.9 Å². The van der Waals surface area contributed by atoms with Crippen LogP contribution in [0, 0.1) is 0 Å². The molecule has 4 aromatic carbocycles. The molecule has 0 saturated heterocycles. The maximum absolute atomic E-state index is 2.59. The number of allylic oxidation sites excluding steroid dienone is 4. The average molecular weight is 1060 g/mol. The van der Waals surface area contributed by atoms with E-state index in [4.69, 9.17) is 0 Å². The molecule has 0 fully saturated rings. The Morgan fingerprint density at radius 2 is 0.560 bits per heavy atom. The van der Waals surface area contributed by atoms with Crippen molar-refractivity contribution in [2.24, 2.45) is 0 Å². The van der Waals surface area contributed by atoms with E-state index in [-0.39, 0.29) is 35.8 Å². The van der Waals surface area contributed by atoms with Crippen molar-refractivity contribution in [3.63, 3.8) is 0 Å². The first-order valence-electron chi connectivity index (χ1n) is 17.6. The molecule has 0 N–H and O–H groups in total.